The Morgan fingerprint density at radius 2 is 1.19 bits per heavy atom. The summed E-state index contributed by atoms with van der Waals surface area (Å²) in [6.45, 7) is 13.7. The third-order valence-corrected chi connectivity index (χ3v) is 4.56. The number of unbranched alkanes of at least 4 members (excludes halogenated alkanes) is 5. The summed E-state index contributed by atoms with van der Waals surface area (Å²) in [6, 6.07) is 0. The minimum Gasteiger partial charge on any atom is -0.287 e. The second-order valence-electron chi connectivity index (χ2n) is 7.46. The van der Waals surface area contributed by atoms with Gasteiger partial charge in [0.25, 0.3) is 0 Å². The van der Waals surface area contributed by atoms with E-state index in [0.717, 1.165) is 12.8 Å². The minimum atomic E-state index is -3.52. The molecule has 0 amide bonds. The number of hydrogen-bond acceptors (Lipinski definition) is 4. The Bertz CT molecular complexity index is 295. The monoisotopic (exact) mass is 322 g/mol. The molecule has 0 atom stereocenters. The van der Waals surface area contributed by atoms with E-state index in [0.29, 0.717) is 6.61 Å². The molecule has 0 fully saturated rings. The Hall–Kier alpha value is 0.110. The van der Waals surface area contributed by atoms with E-state index in [2.05, 4.69) is 6.92 Å². The van der Waals surface area contributed by atoms with Crippen molar-refractivity contribution in [1.29, 1.82) is 0 Å². The van der Waals surface area contributed by atoms with Crippen LogP contribution in [0.2, 0.25) is 0 Å². The molecule has 0 unspecified atom stereocenters. The first-order valence-electron chi connectivity index (χ1n) is 8.13. The molecule has 0 aromatic rings. The largest absolute Gasteiger partial charge is 0.475 e. The molecule has 0 saturated carbocycles. The molecule has 0 rings (SSSR count). The van der Waals surface area contributed by atoms with Crippen molar-refractivity contribution in [3.05, 3.63) is 0 Å². The number of phosphoric acid groups is 1. The van der Waals surface area contributed by atoms with Crippen LogP contribution in [-0.2, 0) is 18.1 Å². The van der Waals surface area contributed by atoms with Gasteiger partial charge in [-0.25, -0.2) is 4.57 Å². The molecule has 0 saturated heterocycles. The molecule has 0 radical (unpaired) electrons. The van der Waals surface area contributed by atoms with Crippen LogP contribution in [0.25, 0.3) is 0 Å². The standard InChI is InChI=1S/C16H35O4P/c1-8-9-10-11-12-13-14-18-21(17,19-15(2,3)4)20-16(5,6)7/h8-14H2,1-7H3. The summed E-state index contributed by atoms with van der Waals surface area (Å²) in [5.41, 5.74) is -1.14. The van der Waals surface area contributed by atoms with E-state index in [-0.39, 0.29) is 0 Å². The van der Waals surface area contributed by atoms with Crippen LogP contribution >= 0.6 is 7.82 Å². The Kier molecular flexibility index (Phi) is 9.34. The molecule has 128 valence electrons. The fourth-order valence-corrected chi connectivity index (χ4v) is 3.64. The molecule has 0 aromatic carbocycles. The van der Waals surface area contributed by atoms with Crippen LogP contribution in [0.5, 0.6) is 0 Å². The maximum absolute atomic E-state index is 12.7. The van der Waals surface area contributed by atoms with Gasteiger partial charge < -0.3 is 0 Å². The van der Waals surface area contributed by atoms with Gasteiger partial charge in [-0.2, -0.15) is 0 Å². The maximum atomic E-state index is 12.7. The Balaban J connectivity index is 4.27. The second kappa shape index (κ2) is 9.29. The van der Waals surface area contributed by atoms with Gasteiger partial charge in [0.15, 0.2) is 0 Å². The molecule has 5 heteroatoms. The summed E-state index contributed by atoms with van der Waals surface area (Å²) in [4.78, 5) is 0. The second-order valence-corrected chi connectivity index (χ2v) is 8.97. The fourth-order valence-electron chi connectivity index (χ4n) is 1.80. The van der Waals surface area contributed by atoms with Gasteiger partial charge >= 0.3 is 7.82 Å². The topological polar surface area (TPSA) is 44.8 Å². The normalized spacial score (nSPS) is 13.7. The summed E-state index contributed by atoms with van der Waals surface area (Å²) < 4.78 is 29.3. The first-order chi connectivity index (χ1) is 9.47. The van der Waals surface area contributed by atoms with Crippen LogP contribution in [-0.4, -0.2) is 17.8 Å². The molecular weight excluding hydrogens is 287 g/mol. The van der Waals surface area contributed by atoms with Crippen molar-refractivity contribution in [2.45, 2.75) is 98.2 Å². The first-order valence-corrected chi connectivity index (χ1v) is 9.59. The van der Waals surface area contributed by atoms with Crippen molar-refractivity contribution in [3.63, 3.8) is 0 Å². The van der Waals surface area contributed by atoms with E-state index in [1.54, 1.807) is 0 Å². The summed E-state index contributed by atoms with van der Waals surface area (Å²) >= 11 is 0. The van der Waals surface area contributed by atoms with Gasteiger partial charge in [0, 0.05) is 0 Å². The van der Waals surface area contributed by atoms with E-state index >= 15 is 0 Å². The lowest BCUT2D eigenvalue weighted by molar-refractivity contribution is 0.00298. The SMILES string of the molecule is CCCCCCCCOP(=O)(OC(C)(C)C)OC(C)(C)C. The van der Waals surface area contributed by atoms with Gasteiger partial charge in [-0.15, -0.1) is 0 Å². The van der Waals surface area contributed by atoms with Gasteiger partial charge in [0.05, 0.1) is 17.8 Å². The smallest absolute Gasteiger partial charge is 0.287 e. The van der Waals surface area contributed by atoms with Crippen LogP contribution in [0.4, 0.5) is 0 Å². The number of phosphoric ester groups is 1. The highest BCUT2D eigenvalue weighted by Gasteiger charge is 2.36. The third kappa shape index (κ3) is 13.5. The summed E-state index contributed by atoms with van der Waals surface area (Å²) in [7, 11) is -3.52. The van der Waals surface area contributed by atoms with Gasteiger partial charge in [0.1, 0.15) is 0 Å². The Labute approximate surface area is 131 Å². The van der Waals surface area contributed by atoms with Crippen LogP contribution < -0.4 is 0 Å². The van der Waals surface area contributed by atoms with E-state index in [1.165, 1.54) is 25.7 Å². The molecule has 4 nitrogen and oxygen atoms in total. The van der Waals surface area contributed by atoms with E-state index in [9.17, 15) is 4.57 Å². The fraction of sp³-hybridized carbons (Fsp3) is 1.00. The highest BCUT2D eigenvalue weighted by molar-refractivity contribution is 7.48. The predicted octanol–water partition coefficient (Wildman–Crippen LogP) is 6.10. The van der Waals surface area contributed by atoms with E-state index in [1.807, 2.05) is 41.5 Å². The first kappa shape index (κ1) is 21.1. The van der Waals surface area contributed by atoms with E-state index in [4.69, 9.17) is 13.6 Å². The Morgan fingerprint density at radius 1 is 0.762 bits per heavy atom. The third-order valence-electron chi connectivity index (χ3n) is 2.52. The molecule has 0 aromatic heterocycles. The average molecular weight is 322 g/mol. The lowest BCUT2D eigenvalue weighted by Crippen LogP contribution is -2.24. The highest BCUT2D eigenvalue weighted by atomic mass is 31.2. The molecule has 0 aliphatic rings. The summed E-state index contributed by atoms with van der Waals surface area (Å²) in [6.07, 6.45) is 6.94. The van der Waals surface area contributed by atoms with Crippen molar-refractivity contribution in [3.8, 4) is 0 Å². The van der Waals surface area contributed by atoms with Crippen molar-refractivity contribution < 1.29 is 18.1 Å². The molecule has 0 bridgehead atoms. The van der Waals surface area contributed by atoms with E-state index < -0.39 is 19.0 Å². The molecule has 0 aliphatic heterocycles. The zero-order valence-corrected chi connectivity index (χ0v) is 15.9. The van der Waals surface area contributed by atoms with Crippen LogP contribution in [0, 0.1) is 0 Å². The van der Waals surface area contributed by atoms with Crippen LogP contribution in [0.1, 0.15) is 87.0 Å². The molecule has 0 aliphatic carbocycles. The summed E-state index contributed by atoms with van der Waals surface area (Å²) in [5.74, 6) is 0. The van der Waals surface area contributed by atoms with Gasteiger partial charge in [-0.05, 0) is 48.0 Å². The van der Waals surface area contributed by atoms with Gasteiger partial charge in [-0.1, -0.05) is 39.0 Å². The molecular formula is C16H35O4P. The van der Waals surface area contributed by atoms with Crippen LogP contribution in [0.3, 0.4) is 0 Å². The Morgan fingerprint density at radius 3 is 1.62 bits per heavy atom. The lowest BCUT2D eigenvalue weighted by Gasteiger charge is -2.30. The number of rotatable bonds is 10. The predicted molar refractivity (Wildman–Crippen MR) is 88.6 cm³/mol. The van der Waals surface area contributed by atoms with Crippen molar-refractivity contribution in [2.75, 3.05) is 6.61 Å². The maximum Gasteiger partial charge on any atom is 0.475 e. The summed E-state index contributed by atoms with van der Waals surface area (Å²) in [5, 5.41) is 0. The van der Waals surface area contributed by atoms with Crippen molar-refractivity contribution in [2.24, 2.45) is 0 Å². The number of hydrogen-bond donors (Lipinski definition) is 0. The van der Waals surface area contributed by atoms with Crippen LogP contribution in [0.15, 0.2) is 0 Å². The molecule has 0 heterocycles. The highest BCUT2D eigenvalue weighted by Crippen LogP contribution is 2.55. The zero-order chi connectivity index (χ0) is 16.6. The average Bonchev–Trinajstić information content (AvgIpc) is 2.22. The molecule has 0 N–H and O–H groups in total. The lowest BCUT2D eigenvalue weighted by atomic mass is 10.1. The quantitative estimate of drug-likeness (QED) is 0.360. The van der Waals surface area contributed by atoms with Crippen molar-refractivity contribution in [1.82, 2.24) is 0 Å². The molecule has 21 heavy (non-hydrogen) atoms. The van der Waals surface area contributed by atoms with Gasteiger partial charge in [0.2, 0.25) is 0 Å². The zero-order valence-electron chi connectivity index (χ0n) is 15.0. The van der Waals surface area contributed by atoms with Crippen molar-refractivity contribution >= 4 is 7.82 Å². The van der Waals surface area contributed by atoms with Gasteiger partial charge in [-0.3, -0.25) is 13.6 Å². The minimum absolute atomic E-state index is 0.412. The molecule has 0 spiro atoms.